The van der Waals surface area contributed by atoms with Gasteiger partial charge in [-0.1, -0.05) is 47.1 Å². The van der Waals surface area contributed by atoms with E-state index in [1.54, 1.807) is 13.0 Å². The number of para-hydroxylation sites is 1. The molecule has 29 heavy (non-hydrogen) atoms. The molecule has 2 amide bonds. The van der Waals surface area contributed by atoms with Crippen LogP contribution in [-0.2, 0) is 9.59 Å². The Morgan fingerprint density at radius 1 is 1.34 bits per heavy atom. The van der Waals surface area contributed by atoms with Gasteiger partial charge in [0.25, 0.3) is 0 Å². The van der Waals surface area contributed by atoms with Gasteiger partial charge < -0.3 is 10.4 Å². The van der Waals surface area contributed by atoms with Crippen LogP contribution in [0.3, 0.4) is 0 Å². The number of phenols is 1. The molecule has 10 heteroatoms. The molecule has 1 unspecified atom stereocenters. The van der Waals surface area contributed by atoms with Crippen molar-refractivity contribution in [3.63, 3.8) is 0 Å². The lowest BCUT2D eigenvalue weighted by Crippen LogP contribution is -2.45. The normalized spacial score (nSPS) is 18.2. The van der Waals surface area contributed by atoms with E-state index in [-0.39, 0.29) is 39.0 Å². The number of hydrogen-bond donors (Lipinski definition) is 2. The summed E-state index contributed by atoms with van der Waals surface area (Å²) in [7, 11) is 0. The maximum atomic E-state index is 13.8. The number of nitrogens with zero attached hydrogens (tertiary/aromatic N) is 2. The highest BCUT2D eigenvalue weighted by Gasteiger charge is 2.35. The van der Waals surface area contributed by atoms with Gasteiger partial charge in [0.1, 0.15) is 11.1 Å². The molecule has 0 bridgehead atoms. The SMILES string of the molecule is CCN1C(=O)CC(C(=O)Nc2ccccc2F)SC1=Nc1cc(Cl)c(O)c(Cl)c1. The Morgan fingerprint density at radius 2 is 2.00 bits per heavy atom. The van der Waals surface area contributed by atoms with Crippen molar-refractivity contribution < 1.29 is 19.1 Å². The zero-order valence-electron chi connectivity index (χ0n) is 15.2. The molecule has 1 aliphatic rings. The second kappa shape index (κ2) is 9.02. The first-order valence-corrected chi connectivity index (χ1v) is 10.2. The largest absolute Gasteiger partial charge is 0.505 e. The van der Waals surface area contributed by atoms with Crippen LogP contribution in [0.5, 0.6) is 5.75 Å². The number of aliphatic imine (C=N–C) groups is 1. The van der Waals surface area contributed by atoms with E-state index in [0.29, 0.717) is 12.2 Å². The summed E-state index contributed by atoms with van der Waals surface area (Å²) >= 11 is 12.9. The lowest BCUT2D eigenvalue weighted by molar-refractivity contribution is -0.129. The van der Waals surface area contributed by atoms with Gasteiger partial charge in [-0.25, -0.2) is 9.38 Å². The molecule has 2 N–H and O–H groups in total. The Hall–Kier alpha value is -2.29. The van der Waals surface area contributed by atoms with E-state index in [9.17, 15) is 19.1 Å². The van der Waals surface area contributed by atoms with Crippen molar-refractivity contribution in [3.8, 4) is 5.75 Å². The predicted octanol–water partition coefficient (Wildman–Crippen LogP) is 4.82. The summed E-state index contributed by atoms with van der Waals surface area (Å²) in [6, 6.07) is 8.59. The van der Waals surface area contributed by atoms with Crippen LogP contribution in [0.15, 0.2) is 41.4 Å². The maximum absolute atomic E-state index is 13.8. The quantitative estimate of drug-likeness (QED) is 0.692. The fourth-order valence-corrected chi connectivity index (χ4v) is 4.29. The summed E-state index contributed by atoms with van der Waals surface area (Å²) in [4.78, 5) is 31.0. The van der Waals surface area contributed by atoms with Gasteiger partial charge in [0.2, 0.25) is 11.8 Å². The molecule has 0 aliphatic carbocycles. The topological polar surface area (TPSA) is 82.0 Å². The van der Waals surface area contributed by atoms with Crippen LogP contribution in [0.2, 0.25) is 10.0 Å². The summed E-state index contributed by atoms with van der Waals surface area (Å²) in [6.45, 7) is 2.14. The number of thioether (sulfide) groups is 1. The van der Waals surface area contributed by atoms with E-state index in [0.717, 1.165) is 11.8 Å². The molecule has 2 aromatic rings. The standard InChI is InChI=1S/C19H16Cl2FN3O3S/c1-2-25-16(26)9-15(18(28)24-14-6-4-3-5-13(14)22)29-19(25)23-10-7-11(20)17(27)12(21)8-10/h3-8,15,27H,2,9H2,1H3,(H,24,28). The molecule has 1 saturated heterocycles. The van der Waals surface area contributed by atoms with Gasteiger partial charge in [0.05, 0.1) is 21.4 Å². The number of phenolic OH excluding ortho intramolecular Hbond substituents is 1. The highest BCUT2D eigenvalue weighted by Crippen LogP contribution is 2.37. The monoisotopic (exact) mass is 455 g/mol. The first-order chi connectivity index (χ1) is 13.8. The second-order valence-electron chi connectivity index (χ2n) is 6.07. The molecule has 0 aromatic heterocycles. The van der Waals surface area contributed by atoms with E-state index >= 15 is 0 Å². The van der Waals surface area contributed by atoms with Crippen molar-refractivity contribution in [1.29, 1.82) is 0 Å². The number of carbonyl (C=O) groups excluding carboxylic acids is 2. The van der Waals surface area contributed by atoms with Gasteiger partial charge in [-0.15, -0.1) is 0 Å². The third kappa shape index (κ3) is 4.83. The van der Waals surface area contributed by atoms with Gasteiger partial charge >= 0.3 is 0 Å². The number of amidine groups is 1. The smallest absolute Gasteiger partial charge is 0.238 e. The van der Waals surface area contributed by atoms with Gasteiger partial charge in [0, 0.05) is 13.0 Å². The number of aromatic hydroxyl groups is 1. The summed E-state index contributed by atoms with van der Waals surface area (Å²) in [5.74, 6) is -1.61. The fraction of sp³-hybridized carbons (Fsp3) is 0.211. The summed E-state index contributed by atoms with van der Waals surface area (Å²) < 4.78 is 13.8. The molecule has 0 spiro atoms. The Kier molecular flexibility index (Phi) is 6.66. The van der Waals surface area contributed by atoms with E-state index in [2.05, 4.69) is 10.3 Å². The Balaban J connectivity index is 1.87. The first kappa shape index (κ1) is 21.4. The average Bonchev–Trinajstić information content (AvgIpc) is 2.67. The Labute approximate surface area is 180 Å². The molecule has 1 atom stereocenters. The molecule has 0 saturated carbocycles. The molecule has 6 nitrogen and oxygen atoms in total. The van der Waals surface area contributed by atoms with E-state index < -0.39 is 17.0 Å². The van der Waals surface area contributed by atoms with E-state index in [1.807, 2.05) is 0 Å². The van der Waals surface area contributed by atoms with Crippen molar-refractivity contribution >= 4 is 63.3 Å². The van der Waals surface area contributed by atoms with Crippen LogP contribution in [0.1, 0.15) is 13.3 Å². The lowest BCUT2D eigenvalue weighted by Gasteiger charge is -2.31. The number of carbonyl (C=O) groups is 2. The minimum Gasteiger partial charge on any atom is -0.505 e. The minimum atomic E-state index is -0.785. The lowest BCUT2D eigenvalue weighted by atomic mass is 10.2. The molecule has 2 aromatic carbocycles. The molecule has 3 rings (SSSR count). The van der Waals surface area contributed by atoms with Gasteiger partial charge in [0.15, 0.2) is 10.9 Å². The number of rotatable bonds is 4. The predicted molar refractivity (Wildman–Crippen MR) is 114 cm³/mol. The molecule has 1 heterocycles. The van der Waals surface area contributed by atoms with Crippen LogP contribution in [0.25, 0.3) is 0 Å². The van der Waals surface area contributed by atoms with Crippen LogP contribution < -0.4 is 5.32 Å². The number of hydrogen-bond acceptors (Lipinski definition) is 5. The Bertz CT molecular complexity index is 979. The van der Waals surface area contributed by atoms with Crippen molar-refractivity contribution in [1.82, 2.24) is 4.90 Å². The van der Waals surface area contributed by atoms with Crippen molar-refractivity contribution in [2.75, 3.05) is 11.9 Å². The number of amides is 2. The van der Waals surface area contributed by atoms with Gasteiger partial charge in [-0.05, 0) is 31.2 Å². The summed E-state index contributed by atoms with van der Waals surface area (Å²) in [5, 5.41) is 11.7. The molecule has 152 valence electrons. The molecular weight excluding hydrogens is 440 g/mol. The zero-order chi connectivity index (χ0) is 21.1. The van der Waals surface area contributed by atoms with Crippen LogP contribution in [-0.4, -0.2) is 38.8 Å². The molecule has 1 aliphatic heterocycles. The van der Waals surface area contributed by atoms with Crippen molar-refractivity contribution in [2.45, 2.75) is 18.6 Å². The van der Waals surface area contributed by atoms with E-state index in [1.165, 1.54) is 35.2 Å². The number of nitrogens with one attached hydrogen (secondary N) is 1. The first-order valence-electron chi connectivity index (χ1n) is 8.59. The third-order valence-corrected chi connectivity index (χ3v) is 5.87. The average molecular weight is 456 g/mol. The summed E-state index contributed by atoms with van der Waals surface area (Å²) in [6.07, 6.45) is -0.0467. The number of halogens is 3. The van der Waals surface area contributed by atoms with E-state index in [4.69, 9.17) is 23.2 Å². The fourth-order valence-electron chi connectivity index (χ4n) is 2.66. The highest BCUT2D eigenvalue weighted by atomic mass is 35.5. The van der Waals surface area contributed by atoms with Crippen molar-refractivity contribution in [3.05, 3.63) is 52.3 Å². The van der Waals surface area contributed by atoms with Gasteiger partial charge in [-0.3, -0.25) is 14.5 Å². The van der Waals surface area contributed by atoms with Crippen LogP contribution in [0.4, 0.5) is 15.8 Å². The molecular formula is C19H16Cl2FN3O3S. The molecule has 1 fully saturated rings. The summed E-state index contributed by atoms with van der Waals surface area (Å²) in [5.41, 5.74) is 0.362. The second-order valence-corrected chi connectivity index (χ2v) is 8.05. The van der Waals surface area contributed by atoms with Crippen LogP contribution >= 0.6 is 35.0 Å². The number of anilines is 1. The Morgan fingerprint density at radius 3 is 2.62 bits per heavy atom. The van der Waals surface area contributed by atoms with Crippen LogP contribution in [0, 0.1) is 5.82 Å². The maximum Gasteiger partial charge on any atom is 0.238 e. The third-order valence-electron chi connectivity index (χ3n) is 4.11. The zero-order valence-corrected chi connectivity index (χ0v) is 17.5. The highest BCUT2D eigenvalue weighted by molar-refractivity contribution is 8.15. The number of benzene rings is 2. The minimum absolute atomic E-state index is 0.0147. The van der Waals surface area contributed by atoms with Gasteiger partial charge in [-0.2, -0.15) is 0 Å². The molecule has 0 radical (unpaired) electrons. The van der Waals surface area contributed by atoms with Crippen molar-refractivity contribution in [2.24, 2.45) is 4.99 Å².